The van der Waals surface area contributed by atoms with Crippen LogP contribution in [-0.4, -0.2) is 21.0 Å². The number of pyridine rings is 1. The first-order chi connectivity index (χ1) is 11.7. The number of amides is 1. The molecule has 0 saturated heterocycles. The molecule has 3 aromatic rings. The lowest BCUT2D eigenvalue weighted by Crippen LogP contribution is -2.23. The molecule has 0 spiro atoms. The van der Waals surface area contributed by atoms with Gasteiger partial charge in [-0.2, -0.15) is 4.98 Å². The molecule has 7 heteroatoms. The van der Waals surface area contributed by atoms with Crippen molar-refractivity contribution in [1.29, 1.82) is 0 Å². The Morgan fingerprint density at radius 3 is 2.79 bits per heavy atom. The highest BCUT2D eigenvalue weighted by Gasteiger charge is 2.10. The van der Waals surface area contributed by atoms with Gasteiger partial charge in [0.15, 0.2) is 0 Å². The first-order valence-electron chi connectivity index (χ1n) is 7.45. The zero-order chi connectivity index (χ0) is 16.8. The summed E-state index contributed by atoms with van der Waals surface area (Å²) in [6, 6.07) is 11.0. The maximum atomic E-state index is 11.9. The second-order valence-corrected chi connectivity index (χ2v) is 5.59. The molecule has 122 valence electrons. The Morgan fingerprint density at radius 1 is 1.21 bits per heavy atom. The molecule has 24 heavy (non-hydrogen) atoms. The van der Waals surface area contributed by atoms with Gasteiger partial charge in [0.2, 0.25) is 17.6 Å². The van der Waals surface area contributed by atoms with E-state index in [-0.39, 0.29) is 12.3 Å². The predicted molar refractivity (Wildman–Crippen MR) is 89.1 cm³/mol. The smallest absolute Gasteiger partial charge is 0.227 e. The van der Waals surface area contributed by atoms with Crippen LogP contribution in [0, 0.1) is 0 Å². The average Bonchev–Trinajstić information content (AvgIpc) is 3.09. The fourth-order valence-corrected chi connectivity index (χ4v) is 2.21. The summed E-state index contributed by atoms with van der Waals surface area (Å²) in [7, 11) is 0. The minimum atomic E-state index is -0.0777. The molecular weight excluding hydrogens is 328 g/mol. The lowest BCUT2D eigenvalue weighted by molar-refractivity contribution is -0.121. The van der Waals surface area contributed by atoms with E-state index >= 15 is 0 Å². The highest BCUT2D eigenvalue weighted by Crippen LogP contribution is 2.14. The van der Waals surface area contributed by atoms with Crippen molar-refractivity contribution >= 4 is 17.5 Å². The van der Waals surface area contributed by atoms with Crippen molar-refractivity contribution in [2.75, 3.05) is 0 Å². The molecule has 3 rings (SSSR count). The molecule has 0 bridgehead atoms. The van der Waals surface area contributed by atoms with Crippen LogP contribution in [0.1, 0.15) is 17.9 Å². The van der Waals surface area contributed by atoms with Crippen molar-refractivity contribution in [3.63, 3.8) is 0 Å². The maximum Gasteiger partial charge on any atom is 0.227 e. The average molecular weight is 343 g/mol. The molecule has 2 heterocycles. The van der Waals surface area contributed by atoms with E-state index in [1.165, 1.54) is 0 Å². The second-order valence-electron chi connectivity index (χ2n) is 5.16. The molecule has 1 amide bonds. The lowest BCUT2D eigenvalue weighted by Gasteiger charge is -2.04. The standard InChI is InChI=1S/C17H15ClN4O2/c18-14-5-3-12(4-6-14)10-20-15(23)7-8-16-21-17(22-24-16)13-2-1-9-19-11-13/h1-6,9,11H,7-8,10H2,(H,20,23). The van der Waals surface area contributed by atoms with Gasteiger partial charge < -0.3 is 9.84 Å². The van der Waals surface area contributed by atoms with Crippen LogP contribution >= 0.6 is 11.6 Å². The molecule has 6 nitrogen and oxygen atoms in total. The zero-order valence-corrected chi connectivity index (χ0v) is 13.5. The molecule has 0 aliphatic rings. The van der Waals surface area contributed by atoms with Crippen LogP contribution < -0.4 is 5.32 Å². The SMILES string of the molecule is O=C(CCc1nc(-c2cccnc2)no1)NCc1ccc(Cl)cc1. The number of nitrogens with zero attached hydrogens (tertiary/aromatic N) is 3. The Kier molecular flexibility index (Phi) is 5.18. The molecule has 2 aromatic heterocycles. The van der Waals surface area contributed by atoms with Gasteiger partial charge in [0.1, 0.15) is 0 Å². The van der Waals surface area contributed by atoms with Crippen LogP contribution in [-0.2, 0) is 17.8 Å². The minimum Gasteiger partial charge on any atom is -0.352 e. The summed E-state index contributed by atoms with van der Waals surface area (Å²) in [5, 5.41) is 7.41. The molecule has 0 atom stereocenters. The molecule has 0 radical (unpaired) electrons. The van der Waals surface area contributed by atoms with E-state index < -0.39 is 0 Å². The second kappa shape index (κ2) is 7.70. The summed E-state index contributed by atoms with van der Waals surface area (Å²) in [5.74, 6) is 0.821. The Bertz CT molecular complexity index is 803. The number of carbonyl (C=O) groups is 1. The summed E-state index contributed by atoms with van der Waals surface area (Å²) in [6.45, 7) is 0.459. The quantitative estimate of drug-likeness (QED) is 0.744. The third kappa shape index (κ3) is 4.39. The third-order valence-corrected chi connectivity index (χ3v) is 3.61. The molecule has 0 aliphatic heterocycles. The van der Waals surface area contributed by atoms with E-state index in [1.807, 2.05) is 18.2 Å². The van der Waals surface area contributed by atoms with Gasteiger partial charge in [-0.05, 0) is 29.8 Å². The van der Waals surface area contributed by atoms with Gasteiger partial charge in [0.05, 0.1) is 0 Å². The van der Waals surface area contributed by atoms with E-state index in [4.69, 9.17) is 16.1 Å². The van der Waals surface area contributed by atoms with Crippen LogP contribution in [0.2, 0.25) is 5.02 Å². The Hall–Kier alpha value is -2.73. The molecule has 1 N–H and O–H groups in total. The number of nitrogens with one attached hydrogen (secondary N) is 1. The fourth-order valence-electron chi connectivity index (χ4n) is 2.08. The van der Waals surface area contributed by atoms with Crippen LogP contribution in [0.3, 0.4) is 0 Å². The first kappa shape index (κ1) is 16.1. The van der Waals surface area contributed by atoms with Crippen molar-refractivity contribution in [1.82, 2.24) is 20.4 Å². The summed E-state index contributed by atoms with van der Waals surface area (Å²) in [5.41, 5.74) is 1.77. The largest absolute Gasteiger partial charge is 0.352 e. The van der Waals surface area contributed by atoms with Crippen molar-refractivity contribution < 1.29 is 9.32 Å². The predicted octanol–water partition coefficient (Wildman–Crippen LogP) is 3.03. The number of benzene rings is 1. The van der Waals surface area contributed by atoms with E-state index in [0.29, 0.717) is 29.7 Å². The van der Waals surface area contributed by atoms with Gasteiger partial charge in [0, 0.05) is 42.4 Å². The monoisotopic (exact) mass is 342 g/mol. The van der Waals surface area contributed by atoms with Crippen molar-refractivity contribution in [2.45, 2.75) is 19.4 Å². The van der Waals surface area contributed by atoms with Crippen LogP contribution in [0.25, 0.3) is 11.4 Å². The summed E-state index contributed by atoms with van der Waals surface area (Å²) in [6.07, 6.45) is 4.00. The number of halogens is 1. The van der Waals surface area contributed by atoms with E-state index in [2.05, 4.69) is 20.4 Å². The van der Waals surface area contributed by atoms with Gasteiger partial charge >= 0.3 is 0 Å². The summed E-state index contributed by atoms with van der Waals surface area (Å²) < 4.78 is 5.16. The maximum absolute atomic E-state index is 11.9. The summed E-state index contributed by atoms with van der Waals surface area (Å²) in [4.78, 5) is 20.2. The number of rotatable bonds is 6. The molecule has 0 aliphatic carbocycles. The Balaban J connectivity index is 1.48. The van der Waals surface area contributed by atoms with Crippen LogP contribution in [0.5, 0.6) is 0 Å². The Labute approximate surface area is 143 Å². The minimum absolute atomic E-state index is 0.0777. The normalized spacial score (nSPS) is 10.5. The number of aryl methyl sites for hydroxylation is 1. The van der Waals surface area contributed by atoms with Gasteiger partial charge in [-0.15, -0.1) is 0 Å². The zero-order valence-electron chi connectivity index (χ0n) is 12.8. The topological polar surface area (TPSA) is 80.9 Å². The third-order valence-electron chi connectivity index (χ3n) is 3.36. The molecule has 0 fully saturated rings. The highest BCUT2D eigenvalue weighted by atomic mass is 35.5. The van der Waals surface area contributed by atoms with Gasteiger partial charge in [-0.25, -0.2) is 0 Å². The van der Waals surface area contributed by atoms with Crippen molar-refractivity contribution in [3.05, 3.63) is 65.3 Å². The van der Waals surface area contributed by atoms with Gasteiger partial charge in [-0.3, -0.25) is 9.78 Å². The first-order valence-corrected chi connectivity index (χ1v) is 7.82. The lowest BCUT2D eigenvalue weighted by atomic mass is 10.2. The molecule has 1 aromatic carbocycles. The van der Waals surface area contributed by atoms with Gasteiger partial charge in [0.25, 0.3) is 0 Å². The molecule has 0 saturated carbocycles. The van der Waals surface area contributed by atoms with Crippen LogP contribution in [0.4, 0.5) is 0 Å². The molecular formula is C17H15ClN4O2. The Morgan fingerprint density at radius 2 is 2.04 bits per heavy atom. The number of hydrogen-bond donors (Lipinski definition) is 1. The number of carbonyl (C=O) groups excluding carboxylic acids is 1. The van der Waals surface area contributed by atoms with E-state index in [9.17, 15) is 4.79 Å². The van der Waals surface area contributed by atoms with Gasteiger partial charge in [-0.1, -0.05) is 28.9 Å². The number of aromatic nitrogens is 3. The highest BCUT2D eigenvalue weighted by molar-refractivity contribution is 6.30. The van der Waals surface area contributed by atoms with E-state index in [1.54, 1.807) is 30.6 Å². The van der Waals surface area contributed by atoms with Crippen LogP contribution in [0.15, 0.2) is 53.3 Å². The fraction of sp³-hybridized carbons (Fsp3) is 0.176. The summed E-state index contributed by atoms with van der Waals surface area (Å²) >= 11 is 5.82. The van der Waals surface area contributed by atoms with Crippen molar-refractivity contribution in [3.8, 4) is 11.4 Å². The molecule has 0 unspecified atom stereocenters. The van der Waals surface area contributed by atoms with E-state index in [0.717, 1.165) is 11.1 Å². The van der Waals surface area contributed by atoms with Crippen molar-refractivity contribution in [2.24, 2.45) is 0 Å². The number of hydrogen-bond acceptors (Lipinski definition) is 5.